The molecule has 0 radical (unpaired) electrons. The molecule has 14 heteroatoms. The minimum Gasteiger partial charge on any atom is -0.465 e. The van der Waals surface area contributed by atoms with Crippen LogP contribution in [0.15, 0.2) is 55.0 Å². The smallest absolute Gasteiger partial charge is 0.416 e. The van der Waals surface area contributed by atoms with Crippen LogP contribution >= 0.6 is 0 Å². The van der Waals surface area contributed by atoms with Gasteiger partial charge in [-0.3, -0.25) is 9.20 Å². The molecule has 0 aliphatic carbocycles. The van der Waals surface area contributed by atoms with E-state index in [0.29, 0.717) is 42.0 Å². The van der Waals surface area contributed by atoms with Crippen molar-refractivity contribution in [3.05, 3.63) is 71.9 Å². The lowest BCUT2D eigenvalue weighted by atomic mass is 9.92. The standard InChI is InChI=1S/C27H26F3N7O4/c1-41-14-19-7-6-17(13-37(19)26(39)40)24-35-21(22-23(31)33-10-11-36(22)24)15-2-4-16(5-3-15)25(38)34-20-12-18(8-9-32-20)27(28,29)30/h2-5,8-12,17,19H,6-7,13-14H2,1H3,(H2,31,33)(H,39,40)(H,32,34,38). The first-order chi connectivity index (χ1) is 19.6. The molecular formula is C27H26F3N7O4. The molecular weight excluding hydrogens is 543 g/mol. The van der Waals surface area contributed by atoms with Crippen molar-refractivity contribution >= 4 is 29.2 Å². The predicted molar refractivity (Wildman–Crippen MR) is 142 cm³/mol. The fourth-order valence-electron chi connectivity index (χ4n) is 5.06. The molecule has 0 spiro atoms. The zero-order valence-corrected chi connectivity index (χ0v) is 21.8. The number of nitrogens with one attached hydrogen (secondary N) is 1. The van der Waals surface area contributed by atoms with Gasteiger partial charge in [-0.25, -0.2) is 19.7 Å². The maximum Gasteiger partial charge on any atom is 0.416 e. The number of benzene rings is 1. The van der Waals surface area contributed by atoms with Crippen LogP contribution in [0.1, 0.15) is 40.5 Å². The molecule has 1 aliphatic rings. The van der Waals surface area contributed by atoms with Gasteiger partial charge in [-0.05, 0) is 37.1 Å². The van der Waals surface area contributed by atoms with E-state index in [4.69, 9.17) is 15.5 Å². The van der Waals surface area contributed by atoms with Crippen LogP contribution in [0.4, 0.5) is 29.6 Å². The minimum absolute atomic E-state index is 0.191. The number of likely N-dealkylation sites (tertiary alicyclic amines) is 1. The highest BCUT2D eigenvalue weighted by Crippen LogP contribution is 2.35. The van der Waals surface area contributed by atoms with Crippen LogP contribution in [0.2, 0.25) is 0 Å². The van der Waals surface area contributed by atoms with Gasteiger partial charge in [0.1, 0.15) is 28.7 Å². The molecule has 0 bridgehead atoms. The summed E-state index contributed by atoms with van der Waals surface area (Å²) in [7, 11) is 1.54. The number of amides is 2. The molecule has 1 aliphatic heterocycles. The molecule has 41 heavy (non-hydrogen) atoms. The first kappa shape index (κ1) is 27.8. The van der Waals surface area contributed by atoms with E-state index in [1.165, 1.54) is 30.3 Å². The number of aromatic nitrogens is 4. The summed E-state index contributed by atoms with van der Waals surface area (Å²) in [5, 5.41) is 12.2. The molecule has 2 amide bonds. The number of piperidine rings is 1. The second kappa shape index (κ2) is 11.0. The van der Waals surface area contributed by atoms with Crippen LogP contribution in [0.25, 0.3) is 16.8 Å². The van der Waals surface area contributed by atoms with E-state index < -0.39 is 23.7 Å². The van der Waals surface area contributed by atoms with Crippen molar-refractivity contribution in [2.75, 3.05) is 31.3 Å². The Morgan fingerprint density at radius 1 is 1.15 bits per heavy atom. The summed E-state index contributed by atoms with van der Waals surface area (Å²) >= 11 is 0. The van der Waals surface area contributed by atoms with Crippen LogP contribution in [0, 0.1) is 0 Å². The second-order valence-electron chi connectivity index (χ2n) is 9.63. The number of rotatable bonds is 6. The van der Waals surface area contributed by atoms with E-state index in [-0.39, 0.29) is 35.7 Å². The van der Waals surface area contributed by atoms with Gasteiger partial charge < -0.3 is 25.8 Å². The Hall–Kier alpha value is -4.72. The number of nitrogens with two attached hydrogens (primary N) is 1. The number of ether oxygens (including phenoxy) is 1. The SMILES string of the molecule is COCC1CCC(c2nc(-c3ccc(C(=O)Nc4cc(C(F)(F)F)ccn4)cc3)c3c(N)nccn23)CN1C(=O)O. The molecule has 3 aromatic heterocycles. The van der Waals surface area contributed by atoms with E-state index in [1.807, 2.05) is 0 Å². The fraction of sp³-hybridized carbons (Fsp3) is 0.296. The van der Waals surface area contributed by atoms with E-state index in [0.717, 1.165) is 18.3 Å². The summed E-state index contributed by atoms with van der Waals surface area (Å²) in [6.45, 7) is 0.528. The molecule has 0 saturated carbocycles. The van der Waals surface area contributed by atoms with Gasteiger partial charge in [0.05, 0.1) is 18.2 Å². The zero-order chi connectivity index (χ0) is 29.3. The number of fused-ring (bicyclic) bond motifs is 1. The number of anilines is 2. The van der Waals surface area contributed by atoms with Gasteiger partial charge in [-0.2, -0.15) is 13.2 Å². The number of pyridine rings is 1. The number of imidazole rings is 1. The van der Waals surface area contributed by atoms with E-state index in [1.54, 1.807) is 22.7 Å². The fourth-order valence-corrected chi connectivity index (χ4v) is 5.06. The molecule has 4 heterocycles. The highest BCUT2D eigenvalue weighted by molar-refractivity contribution is 6.04. The first-order valence-corrected chi connectivity index (χ1v) is 12.6. The van der Waals surface area contributed by atoms with Gasteiger partial charge in [-0.1, -0.05) is 12.1 Å². The van der Waals surface area contributed by atoms with Crippen molar-refractivity contribution in [3.63, 3.8) is 0 Å². The van der Waals surface area contributed by atoms with Crippen LogP contribution in [0.5, 0.6) is 0 Å². The predicted octanol–water partition coefficient (Wildman–Crippen LogP) is 4.52. The van der Waals surface area contributed by atoms with Gasteiger partial charge in [0.2, 0.25) is 0 Å². The van der Waals surface area contributed by atoms with Crippen molar-refractivity contribution in [2.24, 2.45) is 0 Å². The maximum atomic E-state index is 13.0. The molecule has 1 saturated heterocycles. The summed E-state index contributed by atoms with van der Waals surface area (Å²) in [5.41, 5.74) is 7.15. The average molecular weight is 570 g/mol. The Bertz CT molecular complexity index is 1590. The maximum absolute atomic E-state index is 13.0. The van der Waals surface area contributed by atoms with Gasteiger partial charge in [0, 0.05) is 49.3 Å². The number of carbonyl (C=O) groups excluding carboxylic acids is 1. The quantitative estimate of drug-likeness (QED) is 0.307. The molecule has 4 aromatic rings. The lowest BCUT2D eigenvalue weighted by Gasteiger charge is -2.37. The normalized spacial score (nSPS) is 17.5. The van der Waals surface area contributed by atoms with E-state index in [9.17, 15) is 27.9 Å². The number of carbonyl (C=O) groups is 2. The largest absolute Gasteiger partial charge is 0.465 e. The Morgan fingerprint density at radius 2 is 1.90 bits per heavy atom. The van der Waals surface area contributed by atoms with Crippen molar-refractivity contribution in [2.45, 2.75) is 31.0 Å². The third kappa shape index (κ3) is 5.63. The summed E-state index contributed by atoms with van der Waals surface area (Å²) in [6.07, 6.45) is -0.0931. The Labute approximate surface area is 231 Å². The Kier molecular flexibility index (Phi) is 7.49. The molecule has 2 unspecified atom stereocenters. The number of alkyl halides is 3. The minimum atomic E-state index is -4.57. The third-order valence-electron chi connectivity index (χ3n) is 7.04. The van der Waals surface area contributed by atoms with Crippen LogP contribution in [-0.4, -0.2) is 67.7 Å². The van der Waals surface area contributed by atoms with Gasteiger partial charge >= 0.3 is 12.3 Å². The second-order valence-corrected chi connectivity index (χ2v) is 9.63. The lowest BCUT2D eigenvalue weighted by molar-refractivity contribution is -0.137. The summed E-state index contributed by atoms with van der Waals surface area (Å²) in [4.78, 5) is 38.9. The molecule has 1 aromatic carbocycles. The van der Waals surface area contributed by atoms with Crippen LogP contribution < -0.4 is 11.1 Å². The van der Waals surface area contributed by atoms with Crippen molar-refractivity contribution < 1.29 is 32.6 Å². The Morgan fingerprint density at radius 3 is 2.59 bits per heavy atom. The number of methoxy groups -OCH3 is 1. The van der Waals surface area contributed by atoms with Crippen molar-refractivity contribution in [3.8, 4) is 11.3 Å². The molecule has 5 rings (SSSR count). The number of nitrogen functional groups attached to an aromatic ring is 1. The van der Waals surface area contributed by atoms with E-state index >= 15 is 0 Å². The molecule has 11 nitrogen and oxygen atoms in total. The highest BCUT2D eigenvalue weighted by atomic mass is 19.4. The lowest BCUT2D eigenvalue weighted by Crippen LogP contribution is -2.48. The number of halogens is 3. The third-order valence-corrected chi connectivity index (χ3v) is 7.04. The topological polar surface area (TPSA) is 148 Å². The van der Waals surface area contributed by atoms with Crippen LogP contribution in [-0.2, 0) is 10.9 Å². The molecule has 2 atom stereocenters. The number of carboxylic acid groups (broad SMARTS) is 1. The molecule has 214 valence electrons. The summed E-state index contributed by atoms with van der Waals surface area (Å²) < 4.78 is 46.0. The van der Waals surface area contributed by atoms with Crippen molar-refractivity contribution in [1.82, 2.24) is 24.3 Å². The Balaban J connectivity index is 1.43. The average Bonchev–Trinajstić information content (AvgIpc) is 3.34. The zero-order valence-electron chi connectivity index (χ0n) is 21.8. The van der Waals surface area contributed by atoms with E-state index in [2.05, 4.69) is 15.3 Å². The summed E-state index contributed by atoms with van der Waals surface area (Å²) in [5.74, 6) is -0.229. The van der Waals surface area contributed by atoms with Crippen LogP contribution in [0.3, 0.4) is 0 Å². The number of hydrogen-bond donors (Lipinski definition) is 3. The van der Waals surface area contributed by atoms with Gasteiger partial charge in [0.15, 0.2) is 0 Å². The number of nitrogens with zero attached hydrogens (tertiary/aromatic N) is 5. The van der Waals surface area contributed by atoms with Crippen molar-refractivity contribution in [1.29, 1.82) is 0 Å². The first-order valence-electron chi connectivity index (χ1n) is 12.6. The molecule has 1 fully saturated rings. The number of hydrogen-bond acceptors (Lipinski definition) is 7. The summed E-state index contributed by atoms with van der Waals surface area (Å²) in [6, 6.07) is 7.64. The molecule has 4 N–H and O–H groups in total. The monoisotopic (exact) mass is 569 g/mol. The van der Waals surface area contributed by atoms with Gasteiger partial charge in [-0.15, -0.1) is 0 Å². The van der Waals surface area contributed by atoms with Gasteiger partial charge in [0.25, 0.3) is 5.91 Å². The highest BCUT2D eigenvalue weighted by Gasteiger charge is 2.35.